The van der Waals surface area contributed by atoms with E-state index in [0.29, 0.717) is 12.2 Å². The van der Waals surface area contributed by atoms with E-state index < -0.39 is 22.7 Å². The molecule has 1 heterocycles. The number of nitrogens with zero attached hydrogens (tertiary/aromatic N) is 1. The molecule has 0 fully saturated rings. The fraction of sp³-hybridized carbons (Fsp3) is 0.636. The van der Waals surface area contributed by atoms with Gasteiger partial charge in [-0.25, -0.2) is 4.98 Å². The molecule has 7 heteroatoms. The molecule has 1 aliphatic rings. The lowest BCUT2D eigenvalue weighted by atomic mass is 10.1. The topological polar surface area (TPSA) is 79.3 Å². The number of aliphatic carboxylic acids is 1. The van der Waals surface area contributed by atoms with E-state index >= 15 is 0 Å². The van der Waals surface area contributed by atoms with Crippen LogP contribution >= 0.6 is 11.3 Å². The van der Waals surface area contributed by atoms with Gasteiger partial charge in [0, 0.05) is 34.2 Å². The molecule has 0 saturated carbocycles. The van der Waals surface area contributed by atoms with E-state index in [2.05, 4.69) is 10.3 Å². The minimum absolute atomic E-state index is 0.435. The van der Waals surface area contributed by atoms with Gasteiger partial charge in [0.1, 0.15) is 5.92 Å². The molecule has 0 spiro atoms. The monoisotopic (exact) mass is 288 g/mol. The van der Waals surface area contributed by atoms with Crippen LogP contribution in [0.25, 0.3) is 0 Å². The van der Waals surface area contributed by atoms with Crippen LogP contribution in [-0.2, 0) is 22.0 Å². The van der Waals surface area contributed by atoms with Crippen LogP contribution in [0, 0.1) is 0 Å². The number of aryl methyl sites for hydroxylation is 1. The van der Waals surface area contributed by atoms with E-state index in [1.54, 1.807) is 17.6 Å². The Kier molecular flexibility index (Phi) is 4.34. The summed E-state index contributed by atoms with van der Waals surface area (Å²) in [5.41, 5.74) is 0.731. The number of carboxylic acids is 1. The standard InChI is InChI=1S/C11H16N2O3S2/c1-18(16)6-2-5-12-11-13-9-7(10(14)15)3-4-8(9)17-11/h7H,2-6H2,1H3,(H,12,13)(H,14,15). The molecule has 18 heavy (non-hydrogen) atoms. The van der Waals surface area contributed by atoms with Gasteiger partial charge in [-0.3, -0.25) is 9.00 Å². The third-order valence-corrected chi connectivity index (χ3v) is 4.85. The number of hydrogen-bond acceptors (Lipinski definition) is 5. The molecule has 1 aromatic rings. The van der Waals surface area contributed by atoms with Gasteiger partial charge in [0.25, 0.3) is 0 Å². The van der Waals surface area contributed by atoms with Crippen molar-refractivity contribution in [2.24, 2.45) is 0 Å². The van der Waals surface area contributed by atoms with Crippen LogP contribution in [0.5, 0.6) is 0 Å². The maximum atomic E-state index is 11.0. The van der Waals surface area contributed by atoms with Crippen molar-refractivity contribution in [3.63, 3.8) is 0 Å². The van der Waals surface area contributed by atoms with Crippen molar-refractivity contribution in [1.29, 1.82) is 0 Å². The van der Waals surface area contributed by atoms with E-state index in [4.69, 9.17) is 5.11 Å². The van der Waals surface area contributed by atoms with Crippen LogP contribution in [0.15, 0.2) is 0 Å². The zero-order chi connectivity index (χ0) is 13.1. The minimum atomic E-state index is -0.785. The first kappa shape index (κ1) is 13.5. The highest BCUT2D eigenvalue weighted by Gasteiger charge is 2.32. The van der Waals surface area contributed by atoms with Crippen molar-refractivity contribution in [3.05, 3.63) is 10.6 Å². The molecule has 100 valence electrons. The van der Waals surface area contributed by atoms with Gasteiger partial charge in [-0.05, 0) is 19.3 Å². The highest BCUT2D eigenvalue weighted by Crippen LogP contribution is 2.38. The number of hydrogen-bond donors (Lipinski definition) is 2. The summed E-state index contributed by atoms with van der Waals surface area (Å²) in [5.74, 6) is -0.544. The SMILES string of the molecule is CS(=O)CCCNc1nc2c(s1)CCC2C(=O)O. The molecule has 5 nitrogen and oxygen atoms in total. The van der Waals surface area contributed by atoms with Gasteiger partial charge in [-0.1, -0.05) is 0 Å². The van der Waals surface area contributed by atoms with Crippen molar-refractivity contribution in [2.75, 3.05) is 23.9 Å². The average Bonchev–Trinajstić information content (AvgIpc) is 2.82. The summed E-state index contributed by atoms with van der Waals surface area (Å²) in [4.78, 5) is 16.5. The number of fused-ring (bicyclic) bond motifs is 1. The highest BCUT2D eigenvalue weighted by molar-refractivity contribution is 7.84. The van der Waals surface area contributed by atoms with Gasteiger partial charge >= 0.3 is 5.97 Å². The Labute approximate surface area is 112 Å². The molecule has 0 saturated heterocycles. The molecule has 2 N–H and O–H groups in total. The number of carboxylic acid groups (broad SMARTS) is 1. The maximum Gasteiger partial charge on any atom is 0.312 e. The Morgan fingerprint density at radius 2 is 2.44 bits per heavy atom. The largest absolute Gasteiger partial charge is 0.481 e. The summed E-state index contributed by atoms with van der Waals surface area (Å²) in [6.45, 7) is 0.726. The number of thiazole rings is 1. The van der Waals surface area contributed by atoms with Crippen molar-refractivity contribution >= 4 is 33.2 Å². The van der Waals surface area contributed by atoms with Crippen LogP contribution < -0.4 is 5.32 Å². The number of carbonyl (C=O) groups is 1. The summed E-state index contributed by atoms with van der Waals surface area (Å²) in [6.07, 6.45) is 3.99. The lowest BCUT2D eigenvalue weighted by Crippen LogP contribution is -2.09. The molecule has 0 amide bonds. The Bertz CT molecular complexity index is 473. The third-order valence-electron chi connectivity index (χ3n) is 2.90. The fourth-order valence-corrected chi connectivity index (χ4v) is 3.63. The number of aromatic nitrogens is 1. The molecule has 0 aliphatic heterocycles. The van der Waals surface area contributed by atoms with E-state index in [9.17, 15) is 9.00 Å². The Hall–Kier alpha value is -0.950. The zero-order valence-electron chi connectivity index (χ0n) is 10.1. The summed E-state index contributed by atoms with van der Waals surface area (Å²) in [5, 5.41) is 13.0. The second kappa shape index (κ2) is 5.79. The van der Waals surface area contributed by atoms with Gasteiger partial charge in [-0.2, -0.15) is 0 Å². The molecule has 0 aromatic carbocycles. The summed E-state index contributed by atoms with van der Waals surface area (Å²) >= 11 is 1.54. The second-order valence-electron chi connectivity index (χ2n) is 4.31. The van der Waals surface area contributed by atoms with Crippen LogP contribution in [0.4, 0.5) is 5.13 Å². The first-order chi connectivity index (χ1) is 8.58. The first-order valence-electron chi connectivity index (χ1n) is 5.84. The molecule has 2 rings (SSSR count). The van der Waals surface area contributed by atoms with Crippen LogP contribution in [0.1, 0.15) is 29.3 Å². The van der Waals surface area contributed by atoms with E-state index in [-0.39, 0.29) is 0 Å². The van der Waals surface area contributed by atoms with Crippen molar-refractivity contribution in [2.45, 2.75) is 25.2 Å². The normalized spacial score (nSPS) is 19.5. The Morgan fingerprint density at radius 3 is 3.11 bits per heavy atom. The van der Waals surface area contributed by atoms with Crippen molar-refractivity contribution in [3.8, 4) is 0 Å². The zero-order valence-corrected chi connectivity index (χ0v) is 11.8. The number of rotatable bonds is 6. The Morgan fingerprint density at radius 1 is 1.67 bits per heavy atom. The van der Waals surface area contributed by atoms with Crippen molar-refractivity contribution in [1.82, 2.24) is 4.98 Å². The summed E-state index contributed by atoms with van der Waals surface area (Å²) in [6, 6.07) is 0. The molecule has 0 radical (unpaired) electrons. The minimum Gasteiger partial charge on any atom is -0.481 e. The van der Waals surface area contributed by atoms with Crippen LogP contribution in [0.2, 0.25) is 0 Å². The molecule has 2 atom stereocenters. The van der Waals surface area contributed by atoms with Crippen molar-refractivity contribution < 1.29 is 14.1 Å². The van der Waals surface area contributed by atoms with E-state index in [1.165, 1.54) is 0 Å². The molecule has 1 aromatic heterocycles. The number of nitrogens with one attached hydrogen (secondary N) is 1. The smallest absolute Gasteiger partial charge is 0.312 e. The quantitative estimate of drug-likeness (QED) is 0.774. The third kappa shape index (κ3) is 3.08. The molecule has 0 bridgehead atoms. The first-order valence-corrected chi connectivity index (χ1v) is 8.38. The number of anilines is 1. The molecular formula is C11H16N2O3S2. The summed E-state index contributed by atoms with van der Waals surface area (Å²) in [7, 11) is -0.760. The average molecular weight is 288 g/mol. The van der Waals surface area contributed by atoms with Gasteiger partial charge < -0.3 is 10.4 Å². The molecular weight excluding hydrogens is 272 g/mol. The van der Waals surface area contributed by atoms with Gasteiger partial charge in [-0.15, -0.1) is 11.3 Å². The molecule has 2 unspecified atom stereocenters. The molecule has 1 aliphatic carbocycles. The highest BCUT2D eigenvalue weighted by atomic mass is 32.2. The predicted molar refractivity (Wildman–Crippen MR) is 72.9 cm³/mol. The lowest BCUT2D eigenvalue weighted by Gasteiger charge is -2.03. The van der Waals surface area contributed by atoms with Gasteiger partial charge in [0.05, 0.1) is 5.69 Å². The van der Waals surface area contributed by atoms with E-state index in [0.717, 1.165) is 35.1 Å². The maximum absolute atomic E-state index is 11.0. The Balaban J connectivity index is 1.91. The van der Waals surface area contributed by atoms with E-state index in [1.807, 2.05) is 0 Å². The fourth-order valence-electron chi connectivity index (χ4n) is 2.01. The summed E-state index contributed by atoms with van der Waals surface area (Å²) < 4.78 is 10.9. The van der Waals surface area contributed by atoms with Gasteiger partial charge in [0.2, 0.25) is 0 Å². The second-order valence-corrected chi connectivity index (χ2v) is 6.95. The van der Waals surface area contributed by atoms with Gasteiger partial charge in [0.15, 0.2) is 5.13 Å². The predicted octanol–water partition coefficient (Wildman–Crippen LogP) is 1.44. The van der Waals surface area contributed by atoms with Crippen LogP contribution in [-0.4, -0.2) is 38.8 Å². The van der Waals surface area contributed by atoms with Crippen LogP contribution in [0.3, 0.4) is 0 Å². The lowest BCUT2D eigenvalue weighted by molar-refractivity contribution is -0.138.